The number of hydrogen-bond donors (Lipinski definition) is 0. The van der Waals surface area contributed by atoms with Crippen LogP contribution in [0.5, 0.6) is 0 Å². The first-order valence-corrected chi connectivity index (χ1v) is 1.62. The van der Waals surface area contributed by atoms with Crippen LogP contribution in [0.15, 0.2) is 5.10 Å². The van der Waals surface area contributed by atoms with Crippen LogP contribution in [-0.2, 0) is 4.84 Å². The van der Waals surface area contributed by atoms with Crippen molar-refractivity contribution >= 4 is 13.4 Å². The maximum Gasteiger partial charge on any atom is 0.126 e. The summed E-state index contributed by atoms with van der Waals surface area (Å²) in [7, 11) is 1.43. The fourth-order valence-corrected chi connectivity index (χ4v) is 0.107. The highest BCUT2D eigenvalue weighted by molar-refractivity contribution is 5.24. The smallest absolute Gasteiger partial charge is 0.126 e. The van der Waals surface area contributed by atoms with E-state index >= 15 is 0 Å². The molecule has 0 saturated carbocycles. The Morgan fingerprint density at radius 2 is 2.43 bits per heavy atom. The zero-order chi connectivity index (χ0) is 5.70. The van der Waals surface area contributed by atoms with Crippen molar-refractivity contribution in [2.45, 2.75) is 0 Å². The first-order valence-electron chi connectivity index (χ1n) is 1.62. The normalized spacial score (nSPS) is 7.00. The maximum atomic E-state index is 4.41. The molecule has 4 nitrogen and oxygen atoms in total. The summed E-state index contributed by atoms with van der Waals surface area (Å²) in [6, 6.07) is 0. The Bertz CT molecular complexity index is 80.2. The Hall–Kier alpha value is -1.06. The summed E-state index contributed by atoms with van der Waals surface area (Å²) in [5, 5.41) is 3.12. The van der Waals surface area contributed by atoms with E-state index in [2.05, 4.69) is 28.9 Å². The summed E-state index contributed by atoms with van der Waals surface area (Å²) < 4.78 is 0. The van der Waals surface area contributed by atoms with Gasteiger partial charge in [-0.3, -0.25) is 5.53 Å². The number of rotatable bonds is 3. The van der Waals surface area contributed by atoms with Gasteiger partial charge in [-0.05, 0) is 0 Å². The average Bonchev–Trinajstić information content (AvgIpc) is 1.68. The number of hydrogen-bond acceptors (Lipinski definition) is 2. The van der Waals surface area contributed by atoms with E-state index in [0.717, 1.165) is 4.85 Å². The molecule has 0 aliphatic heterocycles. The Labute approximate surface area is 42.0 Å². The van der Waals surface area contributed by atoms with Crippen LogP contribution in [0.4, 0.5) is 0 Å². The van der Waals surface area contributed by atoms with Gasteiger partial charge in [-0.2, -0.15) is 5.10 Å². The third-order valence-corrected chi connectivity index (χ3v) is 0.374. The predicted octanol–water partition coefficient (Wildman–Crippen LogP) is 0.165. The second kappa shape index (κ2) is 3.14. The van der Waals surface area contributed by atoms with Crippen LogP contribution in [0.2, 0.25) is 0 Å². The Morgan fingerprint density at radius 3 is 2.57 bits per heavy atom. The second-order valence-electron chi connectivity index (χ2n) is 0.766. The van der Waals surface area contributed by atoms with Crippen LogP contribution in [0.25, 0.3) is 5.53 Å². The van der Waals surface area contributed by atoms with Crippen molar-refractivity contribution in [1.82, 2.24) is 0 Å². The molecule has 0 aromatic carbocycles. The lowest BCUT2D eigenvalue weighted by Gasteiger charge is -2.04. The molecule has 40 valence electrons. The molecule has 0 heterocycles. The standard InChI is InChI=1S/C3H7N3O/c1-4-5-6(2)7-3/h1-2H2,3H3. The Balaban J connectivity index is 3.17. The van der Waals surface area contributed by atoms with Crippen LogP contribution in [0.1, 0.15) is 0 Å². The van der Waals surface area contributed by atoms with E-state index in [-0.39, 0.29) is 0 Å². The van der Waals surface area contributed by atoms with Gasteiger partial charge in [0.1, 0.15) is 7.11 Å². The molecule has 7 heavy (non-hydrogen) atoms. The highest BCUT2D eigenvalue weighted by Gasteiger charge is 1.68. The van der Waals surface area contributed by atoms with Gasteiger partial charge < -0.3 is 4.84 Å². The van der Waals surface area contributed by atoms with Crippen LogP contribution >= 0.6 is 0 Å². The minimum absolute atomic E-state index is 0.951. The molecule has 0 aromatic rings. The van der Waals surface area contributed by atoms with Crippen LogP contribution in [0, 0.1) is 0 Å². The molecule has 4 heteroatoms. The summed E-state index contributed by atoms with van der Waals surface area (Å²) in [6.45, 7) is 6.33. The SMILES string of the molecule is C=N[N-][N+](=C)OC. The molecular weight excluding hydrogens is 94.1 g/mol. The summed E-state index contributed by atoms with van der Waals surface area (Å²) in [5.74, 6) is 0. The summed E-state index contributed by atoms with van der Waals surface area (Å²) in [4.78, 5) is 5.36. The third-order valence-electron chi connectivity index (χ3n) is 0.374. The average molecular weight is 101 g/mol. The lowest BCUT2D eigenvalue weighted by atomic mass is 11.6. The predicted molar refractivity (Wildman–Crippen MR) is 27.3 cm³/mol. The second-order valence-corrected chi connectivity index (χ2v) is 0.766. The van der Waals surface area contributed by atoms with Crippen LogP contribution in [0.3, 0.4) is 0 Å². The molecule has 0 unspecified atom stereocenters. The Kier molecular flexibility index (Phi) is 2.67. The van der Waals surface area contributed by atoms with Gasteiger partial charge in [0.15, 0.2) is 0 Å². The van der Waals surface area contributed by atoms with Crippen molar-refractivity contribution < 1.29 is 9.69 Å². The van der Waals surface area contributed by atoms with Crippen molar-refractivity contribution in [3.05, 3.63) is 5.53 Å². The fraction of sp³-hybridized carbons (Fsp3) is 0.333. The first-order chi connectivity index (χ1) is 3.31. The minimum Gasteiger partial charge on any atom is -0.355 e. The van der Waals surface area contributed by atoms with E-state index in [0.29, 0.717) is 0 Å². The number of nitrogens with zero attached hydrogens (tertiary/aromatic N) is 3. The topological polar surface area (TPSA) is 38.7 Å². The van der Waals surface area contributed by atoms with Gasteiger partial charge in [0.05, 0.1) is 13.4 Å². The van der Waals surface area contributed by atoms with Gasteiger partial charge in [-0.15, -0.1) is 4.85 Å². The van der Waals surface area contributed by atoms with Gasteiger partial charge in [-0.25, -0.2) is 0 Å². The van der Waals surface area contributed by atoms with Crippen LogP contribution in [-0.4, -0.2) is 25.4 Å². The monoisotopic (exact) mass is 101 g/mol. The summed E-state index contributed by atoms with van der Waals surface area (Å²) in [5.41, 5.74) is 3.26. The van der Waals surface area contributed by atoms with Crippen molar-refractivity contribution in [3.63, 3.8) is 0 Å². The lowest BCUT2D eigenvalue weighted by Crippen LogP contribution is -1.97. The molecule has 0 amide bonds. The molecule has 0 aliphatic carbocycles. The van der Waals surface area contributed by atoms with Gasteiger partial charge >= 0.3 is 0 Å². The van der Waals surface area contributed by atoms with E-state index in [9.17, 15) is 0 Å². The van der Waals surface area contributed by atoms with Crippen molar-refractivity contribution in [3.8, 4) is 0 Å². The molecule has 0 aliphatic rings. The molecule has 0 N–H and O–H groups in total. The molecule has 0 bridgehead atoms. The first kappa shape index (κ1) is 5.94. The summed E-state index contributed by atoms with van der Waals surface area (Å²) >= 11 is 0. The maximum absolute atomic E-state index is 4.41. The minimum atomic E-state index is 0.951. The van der Waals surface area contributed by atoms with Crippen molar-refractivity contribution in [1.29, 1.82) is 0 Å². The quantitative estimate of drug-likeness (QED) is 0.283. The molecule has 0 saturated heterocycles. The zero-order valence-electron chi connectivity index (χ0n) is 4.16. The third kappa shape index (κ3) is 2.75. The van der Waals surface area contributed by atoms with E-state index < -0.39 is 0 Å². The molecule has 0 aromatic heterocycles. The van der Waals surface area contributed by atoms with E-state index in [1.807, 2.05) is 0 Å². The van der Waals surface area contributed by atoms with Gasteiger partial charge in [0, 0.05) is 0 Å². The highest BCUT2D eigenvalue weighted by atomic mass is 16.7. The largest absolute Gasteiger partial charge is 0.355 e. The van der Waals surface area contributed by atoms with E-state index in [1.165, 1.54) is 7.11 Å². The van der Waals surface area contributed by atoms with Crippen molar-refractivity contribution in [2.24, 2.45) is 5.10 Å². The van der Waals surface area contributed by atoms with Gasteiger partial charge in [-0.1, -0.05) is 0 Å². The molecule has 0 radical (unpaired) electrons. The highest BCUT2D eigenvalue weighted by Crippen LogP contribution is 1.83. The molecular formula is C3H7N3O. The molecule has 0 atom stereocenters. The molecule has 0 spiro atoms. The van der Waals surface area contributed by atoms with E-state index in [1.54, 1.807) is 0 Å². The molecule has 0 rings (SSSR count). The molecule has 0 fully saturated rings. The van der Waals surface area contributed by atoms with Gasteiger partial charge in [0.25, 0.3) is 0 Å². The van der Waals surface area contributed by atoms with E-state index in [4.69, 9.17) is 0 Å². The zero-order valence-corrected chi connectivity index (χ0v) is 4.16. The Morgan fingerprint density at radius 1 is 1.86 bits per heavy atom. The van der Waals surface area contributed by atoms with Gasteiger partial charge in [0.2, 0.25) is 0 Å². The lowest BCUT2D eigenvalue weighted by molar-refractivity contribution is -0.740. The summed E-state index contributed by atoms with van der Waals surface area (Å²) in [6.07, 6.45) is 0. The van der Waals surface area contributed by atoms with Crippen LogP contribution < -0.4 is 0 Å². The fourth-order valence-electron chi connectivity index (χ4n) is 0.107. The van der Waals surface area contributed by atoms with Crippen molar-refractivity contribution in [2.75, 3.05) is 7.11 Å².